The number of carbonyl (C=O) groups is 10. The molecule has 0 saturated heterocycles. The van der Waals surface area contributed by atoms with Gasteiger partial charge in [0.15, 0.2) is 40.7 Å². The quantitative estimate of drug-likeness (QED) is 0.0178. The summed E-state index contributed by atoms with van der Waals surface area (Å²) in [5, 5.41) is 58.7. The van der Waals surface area contributed by atoms with Gasteiger partial charge in [-0.1, -0.05) is 30.1 Å². The van der Waals surface area contributed by atoms with E-state index in [1.165, 1.54) is 138 Å². The van der Waals surface area contributed by atoms with Crippen molar-refractivity contribution in [2.75, 3.05) is 26.6 Å². The Labute approximate surface area is 817 Å². The number of carboxylic acids is 5. The van der Waals surface area contributed by atoms with Gasteiger partial charge in [-0.2, -0.15) is 0 Å². The number of aliphatic carboxylic acids is 5. The standard InChI is InChI=1S/C22H21F4NO3S.C21H20ClF2NO3S.C19H16F3NO3S.C18H14ClF2NO3S.C18H14F3NO3S/c1-2-22(21(29)30)7-5-14(6-8-22)31-18-9-12(3-4-15(18)23)20(28)27-13-10-16(24)19(26)17(25)11-13;1-21(20(27)28)8-6-14(7-9-21)29-18-10-12(2-4-17(18)24)19(26)25-13-3-5-16(23)15(22)11-13;20-14-6-3-12(9-16(14)22)23-18(24)10-2-5-15(21)17(8-10)27-13-4-1-11(7-13)19(25)26;19-12-9-11(3-5-13(12)20)22-16(23)10-2-4-14(21)15(8-10)26-18(17(24)25)6-1-7-18;19-12-5-3-11(9-14(12)21)22-16(23)10-2-4-13(20)15(8-10)26-18(17(24)25)6-1-7-18/h3-4,9-11,14H,2,5-8H2,1H3,(H,27,28)(H,29,30);2-5,10-11,14H,6-9H2,1H3,(H,25,26)(H,27,28);2-3,5-6,8-9,11,13H,1,4,7H2,(H,23,24)(H,25,26);2*2-5,8-9H,1,6-7H2,(H,22,23)(H,24,25). The molecule has 0 heterocycles. The number of amides is 5. The molecular weight excluding hydrogens is 1980 g/mol. The predicted octanol–water partition coefficient (Wildman–Crippen LogP) is 26.1. The molecule has 5 aliphatic rings. The summed E-state index contributed by atoms with van der Waals surface area (Å²) in [5.74, 6) is -20.4. The summed E-state index contributed by atoms with van der Waals surface area (Å²) < 4.78 is 187. The lowest BCUT2D eigenvalue weighted by Crippen LogP contribution is -2.41. The highest BCUT2D eigenvalue weighted by Gasteiger charge is 2.48. The molecule has 2 unspecified atom stereocenters. The molecule has 5 saturated carbocycles. The van der Waals surface area contributed by atoms with E-state index in [2.05, 4.69) is 26.6 Å². The van der Waals surface area contributed by atoms with Gasteiger partial charge in [-0.05, 0) is 274 Å². The fraction of sp³-hybridized carbons (Fsp3) is 0.286. The number of hydrogen-bond acceptors (Lipinski definition) is 15. The third kappa shape index (κ3) is 28.1. The van der Waals surface area contributed by atoms with Gasteiger partial charge in [0.05, 0.1) is 26.8 Å². The summed E-state index contributed by atoms with van der Waals surface area (Å²) in [6, 6.07) is 33.7. The molecule has 5 fully saturated rings. The number of anilines is 5. The maximum atomic E-state index is 14.3. The van der Waals surface area contributed by atoms with Crippen molar-refractivity contribution in [2.24, 2.45) is 16.7 Å². The van der Waals surface area contributed by atoms with Crippen LogP contribution in [0.15, 0.2) is 200 Å². The van der Waals surface area contributed by atoms with Gasteiger partial charge in [0.1, 0.15) is 50.2 Å². The number of benzene rings is 10. The van der Waals surface area contributed by atoms with Crippen LogP contribution >= 0.6 is 82.0 Å². The van der Waals surface area contributed by atoms with E-state index in [0.717, 1.165) is 97.0 Å². The molecule has 15 rings (SSSR count). The Hall–Kier alpha value is -11.8. The minimum Gasteiger partial charge on any atom is -0.481 e. The zero-order valence-corrected chi connectivity index (χ0v) is 78.8. The Morgan fingerprint density at radius 3 is 0.899 bits per heavy atom. The molecule has 10 N–H and O–H groups in total. The molecule has 0 spiro atoms. The van der Waals surface area contributed by atoms with Gasteiger partial charge in [-0.15, -0.1) is 58.8 Å². The predicted molar refractivity (Wildman–Crippen MR) is 501 cm³/mol. The third-order valence-electron chi connectivity index (χ3n) is 23.8. The average Bonchev–Trinajstić information content (AvgIpc) is 0.832. The summed E-state index contributed by atoms with van der Waals surface area (Å²) in [5.41, 5.74) is -0.239. The Kier molecular flexibility index (Phi) is 36.8. The Morgan fingerprint density at radius 2 is 0.612 bits per heavy atom. The van der Waals surface area contributed by atoms with E-state index in [1.54, 1.807) is 6.92 Å². The Balaban J connectivity index is 0.000000167. The van der Waals surface area contributed by atoms with Crippen molar-refractivity contribution in [1.82, 2.24) is 0 Å². The van der Waals surface area contributed by atoms with Crippen LogP contribution in [0.3, 0.4) is 0 Å². The molecule has 5 aliphatic carbocycles. The van der Waals surface area contributed by atoms with Crippen LogP contribution in [0.5, 0.6) is 0 Å². The monoisotopic (exact) mass is 2070 g/mol. The van der Waals surface area contributed by atoms with Gasteiger partial charge < -0.3 is 52.1 Å². The van der Waals surface area contributed by atoms with Gasteiger partial charge >= 0.3 is 29.8 Å². The van der Waals surface area contributed by atoms with Crippen LogP contribution in [-0.2, 0) is 24.0 Å². The molecule has 0 aromatic heterocycles. The molecule has 20 nitrogen and oxygen atoms in total. The first-order valence-electron chi connectivity index (χ1n) is 42.8. The number of hydrogen-bond donors (Lipinski definition) is 10. The van der Waals surface area contributed by atoms with Crippen molar-refractivity contribution in [3.8, 4) is 0 Å². The summed E-state index contributed by atoms with van der Waals surface area (Å²) in [4.78, 5) is 120. The number of halogens is 16. The third-order valence-corrected chi connectivity index (χ3v) is 31.5. The number of carboxylic acid groups (broad SMARTS) is 5. The van der Waals surface area contributed by atoms with Crippen LogP contribution < -0.4 is 26.6 Å². The normalized spacial score (nSPS) is 18.6. The summed E-state index contributed by atoms with van der Waals surface area (Å²) in [6.45, 7) is 3.59. The van der Waals surface area contributed by atoms with Gasteiger partial charge in [0, 0.05) is 121 Å². The van der Waals surface area contributed by atoms with E-state index in [-0.39, 0.29) is 90.3 Å². The molecule has 2 atom stereocenters. The summed E-state index contributed by atoms with van der Waals surface area (Å²) >= 11 is 17.0. The zero-order valence-electron chi connectivity index (χ0n) is 73.2. The smallest absolute Gasteiger partial charge is 0.320 e. The van der Waals surface area contributed by atoms with Crippen molar-refractivity contribution in [3.05, 3.63) is 295 Å². The number of nitrogens with one attached hydrogen (secondary N) is 5. The largest absolute Gasteiger partial charge is 0.481 e. The van der Waals surface area contributed by atoms with E-state index >= 15 is 0 Å². The van der Waals surface area contributed by atoms with Crippen LogP contribution in [0.2, 0.25) is 10.0 Å². The first-order chi connectivity index (χ1) is 65.8. The molecular formula is C98H85Cl2F14N5O15S5. The fourth-order valence-corrected chi connectivity index (χ4v) is 21.9. The molecule has 0 radical (unpaired) electrons. The molecule has 5 amide bonds. The van der Waals surface area contributed by atoms with E-state index in [0.29, 0.717) is 131 Å². The van der Waals surface area contributed by atoms with Gasteiger partial charge in [0.25, 0.3) is 29.5 Å². The Bertz CT molecular complexity index is 6190. The molecule has 0 bridgehead atoms. The highest BCUT2D eigenvalue weighted by Crippen LogP contribution is 2.52. The van der Waals surface area contributed by atoms with Crippen molar-refractivity contribution in [1.29, 1.82) is 0 Å². The second kappa shape index (κ2) is 47.5. The van der Waals surface area contributed by atoms with Crippen molar-refractivity contribution in [2.45, 2.75) is 179 Å². The first-order valence-corrected chi connectivity index (χ1v) is 47.8. The molecule has 10 aromatic rings. The van der Waals surface area contributed by atoms with Gasteiger partial charge in [0.2, 0.25) is 0 Å². The topological polar surface area (TPSA) is 332 Å². The van der Waals surface area contributed by atoms with E-state index in [4.69, 9.17) is 28.3 Å². The van der Waals surface area contributed by atoms with E-state index < -0.39 is 167 Å². The first kappa shape index (κ1) is 108. The maximum absolute atomic E-state index is 14.3. The highest BCUT2D eigenvalue weighted by atomic mass is 35.5. The fourth-order valence-electron chi connectivity index (χ4n) is 15.1. The van der Waals surface area contributed by atoms with E-state index in [1.807, 2.05) is 6.92 Å². The van der Waals surface area contributed by atoms with Crippen molar-refractivity contribution < 1.29 is 135 Å². The second-order valence-corrected chi connectivity index (χ2v) is 41.0. The molecule has 41 heteroatoms. The second-order valence-electron chi connectivity index (χ2n) is 33.3. The van der Waals surface area contributed by atoms with E-state index in [9.17, 15) is 130 Å². The summed E-state index contributed by atoms with van der Waals surface area (Å²) in [6.07, 6.45) is 10.1. The SMILES string of the molecule is CC1(C(=O)O)CCC(Sc2cc(C(=O)Nc3ccc(F)c(Cl)c3)ccc2F)CC1.CCC1(C(=O)O)CCC(Sc2cc(C(=O)Nc3cc(F)c(F)c(F)c3)ccc2F)CC1.O=C(Nc1ccc(F)c(Cl)c1)c1ccc(F)c(SC2(C(=O)O)CCC2)c1.O=C(Nc1ccc(F)c(F)c1)c1ccc(F)c(SC2(C(=O)O)CCC2)c1.O=C(Nc1ccc(F)c(F)c1)c1ccc(F)c(SC2CCC(C(=O)O)C2)c1. The lowest BCUT2D eigenvalue weighted by atomic mass is 9.72. The van der Waals surface area contributed by atoms with Crippen LogP contribution in [0.1, 0.15) is 181 Å². The van der Waals surface area contributed by atoms with Gasteiger partial charge in [-0.3, -0.25) is 47.9 Å². The molecule has 0 aliphatic heterocycles. The Morgan fingerprint density at radius 1 is 0.317 bits per heavy atom. The lowest BCUT2D eigenvalue weighted by Gasteiger charge is -2.36. The maximum Gasteiger partial charge on any atom is 0.320 e. The molecule has 734 valence electrons. The minimum atomic E-state index is -1.64. The van der Waals surface area contributed by atoms with Crippen LogP contribution in [0.4, 0.5) is 89.9 Å². The molecule has 139 heavy (non-hydrogen) atoms. The summed E-state index contributed by atoms with van der Waals surface area (Å²) in [7, 11) is 0. The molecule has 10 aromatic carbocycles. The lowest BCUT2D eigenvalue weighted by molar-refractivity contribution is -0.151. The zero-order chi connectivity index (χ0) is 101. The minimum absolute atomic E-state index is 0.00660. The highest BCUT2D eigenvalue weighted by molar-refractivity contribution is 8.02. The van der Waals surface area contributed by atoms with Crippen molar-refractivity contribution >= 4 is 170 Å². The van der Waals surface area contributed by atoms with Crippen LogP contribution in [-0.4, -0.2) is 110 Å². The van der Waals surface area contributed by atoms with Crippen LogP contribution in [0.25, 0.3) is 0 Å². The van der Waals surface area contributed by atoms with Crippen molar-refractivity contribution in [3.63, 3.8) is 0 Å². The van der Waals surface area contributed by atoms with Gasteiger partial charge in [-0.25, -0.2) is 61.5 Å². The number of rotatable bonds is 26. The number of carbonyl (C=O) groups excluding carboxylic acids is 5. The number of thioether (sulfide) groups is 5. The van der Waals surface area contributed by atoms with Crippen LogP contribution in [0, 0.1) is 98.2 Å². The average molecular weight is 2070 g/mol.